The molecule has 0 aromatic carbocycles. The molecule has 0 fully saturated rings. The van der Waals surface area contributed by atoms with Crippen molar-refractivity contribution in [2.24, 2.45) is 0 Å². The van der Waals surface area contributed by atoms with Crippen molar-refractivity contribution in [2.45, 2.75) is 0 Å². The maximum Gasteiger partial charge on any atom is 1.00 e. The first kappa shape index (κ1) is 125. The zero-order chi connectivity index (χ0) is 4.50. The summed E-state index contributed by atoms with van der Waals surface area (Å²) in [5.41, 5.74) is 0. The molecule has 0 rings (SSSR count). The molecule has 0 unspecified atom stereocenters. The molecule has 0 spiro atoms. The molecule has 19 N–H and O–H groups in total. The molecule has 12 nitrogen and oxygen atoms in total. The largest absolute Gasteiger partial charge is 1.00 e. The van der Waals surface area contributed by atoms with E-state index in [9.17, 15) is 0 Å². The van der Waals surface area contributed by atoms with Gasteiger partial charge in [0.15, 0.2) is 0 Å². The van der Waals surface area contributed by atoms with Crippen LogP contribution in [-0.4, -0.2) is 58.5 Å². The summed E-state index contributed by atoms with van der Waals surface area (Å²) in [4.78, 5) is 21.6. The van der Waals surface area contributed by atoms with Gasteiger partial charge in [0.25, 0.3) is 0 Å². The van der Waals surface area contributed by atoms with E-state index >= 15 is 0 Å². The van der Waals surface area contributed by atoms with E-state index in [2.05, 4.69) is 0 Å². The number of rotatable bonds is 0. The summed E-state index contributed by atoms with van der Waals surface area (Å²) < 4.78 is 8.88. The van der Waals surface area contributed by atoms with Gasteiger partial charge in [0.05, 0.1) is 0 Å². The number of hydrogen-bond acceptors (Lipinski definition) is 1. The van der Waals surface area contributed by atoms with E-state index in [4.69, 9.17) is 19.2 Å². The quantitative estimate of drug-likeness (QED) is 0.288. The Kier molecular flexibility index (Phi) is 474. The smallest absolute Gasteiger partial charge is 0.412 e. The maximum atomic E-state index is 8.88. The van der Waals surface area contributed by atoms with Crippen LogP contribution in [0.2, 0.25) is 0 Å². The Morgan fingerprint density at radius 1 is 0.533 bits per heavy atom. The number of phosphoric acid groups is 1. The molecule has 15 heavy (non-hydrogen) atoms. The fraction of sp³-hybridized carbons (Fsp3) is 0. The van der Waals surface area contributed by atoms with Crippen LogP contribution in [0, 0.1) is 0 Å². The molecule has 0 aliphatic heterocycles. The third kappa shape index (κ3) is 937. The summed E-state index contributed by atoms with van der Waals surface area (Å²) in [7, 11) is -4.64. The zero-order valence-corrected chi connectivity index (χ0v) is 13.1. The molecule has 0 heterocycles. The van der Waals surface area contributed by atoms with Crippen LogP contribution < -0.4 is 59.1 Å². The molecule has 0 atom stereocenters. The van der Waals surface area contributed by atoms with E-state index in [1.807, 2.05) is 0 Å². The third-order valence-electron chi connectivity index (χ3n) is 0. The first-order valence-electron chi connectivity index (χ1n) is 0.783. The van der Waals surface area contributed by atoms with Crippen LogP contribution in [0.4, 0.5) is 0 Å². The summed E-state index contributed by atoms with van der Waals surface area (Å²) >= 11 is 0. The Bertz CT molecular complexity index is 59.8. The average Bonchev–Trinajstić information content (AvgIpc) is 0.722. The van der Waals surface area contributed by atoms with Crippen LogP contribution in [0.1, 0.15) is 0 Å². The van der Waals surface area contributed by atoms with Crippen LogP contribution in [0.15, 0.2) is 0 Å². The van der Waals surface area contributed by atoms with Crippen molar-refractivity contribution >= 4 is 7.82 Å². The van der Waals surface area contributed by atoms with Gasteiger partial charge in [0.2, 0.25) is 0 Å². The minimum Gasteiger partial charge on any atom is -0.412 e. The summed E-state index contributed by atoms with van der Waals surface area (Å²) in [6.07, 6.45) is 0. The van der Waals surface area contributed by atoms with Gasteiger partial charge in [0.1, 0.15) is 0 Å². The van der Waals surface area contributed by atoms with Gasteiger partial charge in [-0.25, -0.2) is 4.57 Å². The van der Waals surface area contributed by atoms with Crippen LogP contribution >= 0.6 is 7.82 Å². The molecule has 0 radical (unpaired) electrons. The fourth-order valence-corrected chi connectivity index (χ4v) is 0. The fourth-order valence-electron chi connectivity index (χ4n) is 0. The SMILES string of the molecule is O.O.O.O.O.O.O.O.O=P(O)(O)O.[Na+].[Na+]. The molecule has 0 aliphatic carbocycles. The normalized spacial score (nSPS) is 3.93. The molecular formula is H19Na2O12P+2. The van der Waals surface area contributed by atoms with Crippen LogP contribution in [-0.2, 0) is 4.57 Å². The minimum atomic E-state index is -4.64. The second-order valence-electron chi connectivity index (χ2n) is 0.513. The number of hydrogen-bond donors (Lipinski definition) is 3. The predicted molar refractivity (Wildman–Crippen MR) is 43.2 cm³/mol. The van der Waals surface area contributed by atoms with Gasteiger partial charge in [-0.3, -0.25) is 0 Å². The third-order valence-corrected chi connectivity index (χ3v) is 0. The van der Waals surface area contributed by atoms with Crippen LogP contribution in [0.5, 0.6) is 0 Å². The van der Waals surface area contributed by atoms with Gasteiger partial charge < -0.3 is 58.5 Å². The molecule has 0 aromatic heterocycles. The van der Waals surface area contributed by atoms with Crippen molar-refractivity contribution in [3.63, 3.8) is 0 Å². The van der Waals surface area contributed by atoms with Crippen LogP contribution in [0.3, 0.4) is 0 Å². The maximum absolute atomic E-state index is 8.88. The molecule has 15 heteroatoms. The molecule has 0 saturated heterocycles. The summed E-state index contributed by atoms with van der Waals surface area (Å²) in [6, 6.07) is 0. The van der Waals surface area contributed by atoms with E-state index < -0.39 is 7.82 Å². The van der Waals surface area contributed by atoms with E-state index in [-0.39, 0.29) is 103 Å². The summed E-state index contributed by atoms with van der Waals surface area (Å²) in [5, 5.41) is 0. The van der Waals surface area contributed by atoms with Gasteiger partial charge >= 0.3 is 66.9 Å². The van der Waals surface area contributed by atoms with E-state index in [1.165, 1.54) is 0 Å². The molecule has 0 aromatic rings. The van der Waals surface area contributed by atoms with Gasteiger partial charge in [-0.05, 0) is 0 Å². The first-order valence-corrected chi connectivity index (χ1v) is 2.35. The molecule has 0 bridgehead atoms. The van der Waals surface area contributed by atoms with Gasteiger partial charge in [-0.1, -0.05) is 0 Å². The molecule has 0 saturated carbocycles. The second kappa shape index (κ2) is 56.9. The molecule has 0 amide bonds. The van der Waals surface area contributed by atoms with Crippen molar-refractivity contribution in [2.75, 3.05) is 0 Å². The molecular weight excluding hydrogens is 269 g/mol. The van der Waals surface area contributed by atoms with Gasteiger partial charge in [-0.15, -0.1) is 0 Å². The van der Waals surface area contributed by atoms with E-state index in [0.29, 0.717) is 0 Å². The molecule has 96 valence electrons. The van der Waals surface area contributed by atoms with Crippen molar-refractivity contribution < 1.29 is 122 Å². The van der Waals surface area contributed by atoms with E-state index in [0.717, 1.165) is 0 Å². The van der Waals surface area contributed by atoms with Crippen molar-refractivity contribution in [3.8, 4) is 0 Å². The van der Waals surface area contributed by atoms with Crippen molar-refractivity contribution in [3.05, 3.63) is 0 Å². The molecule has 0 aliphatic rings. The monoisotopic (exact) mass is 288 g/mol. The van der Waals surface area contributed by atoms with Gasteiger partial charge in [0, 0.05) is 0 Å². The van der Waals surface area contributed by atoms with Crippen molar-refractivity contribution in [1.82, 2.24) is 0 Å². The zero-order valence-electron chi connectivity index (χ0n) is 8.20. The van der Waals surface area contributed by atoms with Crippen LogP contribution in [0.25, 0.3) is 0 Å². The topological polar surface area (TPSA) is 330 Å². The second-order valence-corrected chi connectivity index (χ2v) is 1.54. The summed E-state index contributed by atoms with van der Waals surface area (Å²) in [5.74, 6) is 0. The Balaban J connectivity index is -0.00000000178. The predicted octanol–water partition coefficient (Wildman–Crippen LogP) is -13.5. The Morgan fingerprint density at radius 2 is 0.533 bits per heavy atom. The standard InChI is InChI=1S/2Na.H3O4P.8H2O/c;;1-5(2,3)4;;;;;;;;/h;;(H3,1,2,3,4);8*1H2/q2*+1;;;;;;;;;. The average molecular weight is 288 g/mol. The Labute approximate surface area is 129 Å². The van der Waals surface area contributed by atoms with Gasteiger partial charge in [-0.2, -0.15) is 0 Å². The summed E-state index contributed by atoms with van der Waals surface area (Å²) in [6.45, 7) is 0. The Morgan fingerprint density at radius 3 is 0.533 bits per heavy atom. The Hall–Kier alpha value is 1.79. The first-order chi connectivity index (χ1) is 2.00. The minimum absolute atomic E-state index is 0. The van der Waals surface area contributed by atoms with Crippen molar-refractivity contribution in [1.29, 1.82) is 0 Å². The van der Waals surface area contributed by atoms with E-state index in [1.54, 1.807) is 0 Å².